The number of carbonyl (C=O) groups excluding carboxylic acids is 1. The lowest BCUT2D eigenvalue weighted by molar-refractivity contribution is -0.384. The number of hydrogen-bond donors (Lipinski definition) is 2. The summed E-state index contributed by atoms with van der Waals surface area (Å²) in [5.41, 5.74) is 6.13. The van der Waals surface area contributed by atoms with Crippen molar-refractivity contribution in [1.29, 1.82) is 0 Å². The van der Waals surface area contributed by atoms with Gasteiger partial charge in [0.15, 0.2) is 5.69 Å². The van der Waals surface area contributed by atoms with E-state index in [0.29, 0.717) is 18.2 Å². The van der Waals surface area contributed by atoms with E-state index in [1.807, 2.05) is 6.92 Å². The molecule has 1 aromatic carbocycles. The molecule has 3 N–H and O–H groups in total. The zero-order valence-electron chi connectivity index (χ0n) is 13.7. The largest absolute Gasteiger partial charge is 0.344 e. The Labute approximate surface area is 151 Å². The lowest BCUT2D eigenvalue weighted by Gasteiger charge is -2.29. The first-order valence-electron chi connectivity index (χ1n) is 7.76. The molecule has 1 heterocycles. The average molecular weight is 366 g/mol. The highest BCUT2D eigenvalue weighted by molar-refractivity contribution is 5.92. The minimum Gasteiger partial charge on any atom is -0.344 e. The molecule has 1 fully saturated rings. The fourth-order valence-corrected chi connectivity index (χ4v) is 2.70. The van der Waals surface area contributed by atoms with Crippen LogP contribution in [0.2, 0.25) is 0 Å². The Balaban J connectivity index is 0.00000225. The highest BCUT2D eigenvalue weighted by atomic mass is 35.5. The van der Waals surface area contributed by atoms with Gasteiger partial charge in [0.05, 0.1) is 16.1 Å². The van der Waals surface area contributed by atoms with Crippen molar-refractivity contribution in [3.8, 4) is 5.69 Å². The molecule has 1 atom stereocenters. The van der Waals surface area contributed by atoms with Gasteiger partial charge < -0.3 is 11.1 Å². The van der Waals surface area contributed by atoms with Crippen LogP contribution < -0.4 is 11.1 Å². The van der Waals surface area contributed by atoms with Gasteiger partial charge in [-0.15, -0.1) is 12.4 Å². The van der Waals surface area contributed by atoms with Gasteiger partial charge in [0.25, 0.3) is 11.6 Å². The van der Waals surface area contributed by atoms with Crippen LogP contribution in [0.5, 0.6) is 0 Å². The molecule has 0 saturated heterocycles. The number of nitro benzene ring substituents is 1. The Kier molecular flexibility index (Phi) is 5.44. The number of rotatable bonds is 6. The minimum atomic E-state index is -0.469. The van der Waals surface area contributed by atoms with E-state index in [2.05, 4.69) is 10.4 Å². The Hall–Kier alpha value is -2.45. The number of nitrogens with one attached hydrogen (secondary N) is 1. The molecule has 1 amide bonds. The van der Waals surface area contributed by atoms with Crippen molar-refractivity contribution in [3.63, 3.8) is 0 Å². The summed E-state index contributed by atoms with van der Waals surface area (Å²) in [6.07, 6.45) is 3.73. The van der Waals surface area contributed by atoms with E-state index in [1.165, 1.54) is 16.8 Å². The van der Waals surface area contributed by atoms with Crippen LogP contribution in [-0.4, -0.2) is 32.7 Å². The molecule has 8 nitrogen and oxygen atoms in total. The third-order valence-electron chi connectivity index (χ3n) is 4.43. The Morgan fingerprint density at radius 2 is 2.20 bits per heavy atom. The number of hydrogen-bond acceptors (Lipinski definition) is 5. The molecule has 0 aliphatic heterocycles. The van der Waals surface area contributed by atoms with Crippen molar-refractivity contribution in [2.75, 3.05) is 6.54 Å². The SMILES string of the molecule is CC(CN)(NC(=O)c1ccn(-c2cccc([N+](=O)[O-])c2)n1)C1CC1.Cl. The summed E-state index contributed by atoms with van der Waals surface area (Å²) < 4.78 is 1.44. The zero-order chi connectivity index (χ0) is 17.3. The second kappa shape index (κ2) is 7.20. The summed E-state index contributed by atoms with van der Waals surface area (Å²) in [5.74, 6) is 0.115. The van der Waals surface area contributed by atoms with Gasteiger partial charge in [0.1, 0.15) is 0 Å². The number of amides is 1. The van der Waals surface area contributed by atoms with Crippen molar-refractivity contribution in [2.45, 2.75) is 25.3 Å². The van der Waals surface area contributed by atoms with Gasteiger partial charge in [-0.3, -0.25) is 14.9 Å². The topological polar surface area (TPSA) is 116 Å². The molecule has 0 spiro atoms. The number of carbonyl (C=O) groups is 1. The quantitative estimate of drug-likeness (QED) is 0.600. The molecule has 25 heavy (non-hydrogen) atoms. The summed E-state index contributed by atoms with van der Waals surface area (Å²) >= 11 is 0. The predicted molar refractivity (Wildman–Crippen MR) is 95.1 cm³/mol. The molecule has 1 saturated carbocycles. The maximum atomic E-state index is 12.4. The zero-order valence-corrected chi connectivity index (χ0v) is 14.5. The third-order valence-corrected chi connectivity index (χ3v) is 4.43. The highest BCUT2D eigenvalue weighted by Gasteiger charge is 2.41. The van der Waals surface area contributed by atoms with E-state index in [1.54, 1.807) is 24.4 Å². The average Bonchev–Trinajstić information content (AvgIpc) is 3.32. The van der Waals surface area contributed by atoms with Crippen LogP contribution in [0.25, 0.3) is 5.69 Å². The van der Waals surface area contributed by atoms with Crippen LogP contribution in [-0.2, 0) is 0 Å². The monoisotopic (exact) mass is 365 g/mol. The number of nitrogens with zero attached hydrogens (tertiary/aromatic N) is 3. The smallest absolute Gasteiger partial charge is 0.272 e. The summed E-state index contributed by atoms with van der Waals surface area (Å²) in [6, 6.07) is 7.66. The Morgan fingerprint density at radius 3 is 2.80 bits per heavy atom. The first-order valence-corrected chi connectivity index (χ1v) is 7.76. The first kappa shape index (κ1) is 18.9. The first-order chi connectivity index (χ1) is 11.4. The molecule has 1 aliphatic carbocycles. The fourth-order valence-electron chi connectivity index (χ4n) is 2.70. The number of non-ortho nitro benzene ring substituents is 1. The lowest BCUT2D eigenvalue weighted by atomic mass is 9.96. The number of halogens is 1. The van der Waals surface area contributed by atoms with Crippen molar-refractivity contribution < 1.29 is 9.72 Å². The van der Waals surface area contributed by atoms with E-state index in [9.17, 15) is 14.9 Å². The van der Waals surface area contributed by atoms with E-state index in [0.717, 1.165) is 12.8 Å². The van der Waals surface area contributed by atoms with Crippen LogP contribution in [0.4, 0.5) is 5.69 Å². The van der Waals surface area contributed by atoms with Gasteiger partial charge in [-0.25, -0.2) is 4.68 Å². The van der Waals surface area contributed by atoms with Gasteiger partial charge in [-0.05, 0) is 37.8 Å². The highest BCUT2D eigenvalue weighted by Crippen LogP contribution is 2.39. The molecule has 134 valence electrons. The Morgan fingerprint density at radius 1 is 1.48 bits per heavy atom. The summed E-state index contributed by atoms with van der Waals surface area (Å²) in [4.78, 5) is 22.8. The molecule has 0 radical (unpaired) electrons. The molecule has 9 heteroatoms. The summed E-state index contributed by atoms with van der Waals surface area (Å²) in [6.45, 7) is 2.31. The minimum absolute atomic E-state index is 0. The number of nitro groups is 1. The van der Waals surface area contributed by atoms with Crippen molar-refractivity contribution in [1.82, 2.24) is 15.1 Å². The molecule has 3 rings (SSSR count). The molecular weight excluding hydrogens is 346 g/mol. The van der Waals surface area contributed by atoms with Crippen molar-refractivity contribution in [3.05, 3.63) is 52.3 Å². The fraction of sp³-hybridized carbons (Fsp3) is 0.375. The summed E-state index contributed by atoms with van der Waals surface area (Å²) in [5, 5.41) is 18.0. The summed E-state index contributed by atoms with van der Waals surface area (Å²) in [7, 11) is 0. The lowest BCUT2D eigenvalue weighted by Crippen LogP contribution is -2.53. The van der Waals surface area contributed by atoms with E-state index in [-0.39, 0.29) is 29.7 Å². The molecule has 0 bridgehead atoms. The molecule has 1 aliphatic rings. The number of aromatic nitrogens is 2. The van der Waals surface area contributed by atoms with Crippen molar-refractivity contribution in [2.24, 2.45) is 11.7 Å². The van der Waals surface area contributed by atoms with Gasteiger partial charge in [0.2, 0.25) is 0 Å². The molecule has 1 unspecified atom stereocenters. The maximum Gasteiger partial charge on any atom is 0.272 e. The third kappa shape index (κ3) is 3.97. The van der Waals surface area contributed by atoms with Gasteiger partial charge in [-0.1, -0.05) is 6.07 Å². The number of benzene rings is 1. The van der Waals surface area contributed by atoms with Gasteiger partial charge in [0, 0.05) is 24.9 Å². The maximum absolute atomic E-state index is 12.4. The Bertz CT molecular complexity index is 790. The second-order valence-electron chi connectivity index (χ2n) is 6.27. The van der Waals surface area contributed by atoms with E-state index in [4.69, 9.17) is 5.73 Å². The van der Waals surface area contributed by atoms with Crippen LogP contribution in [0, 0.1) is 16.0 Å². The van der Waals surface area contributed by atoms with Gasteiger partial charge in [-0.2, -0.15) is 5.10 Å². The van der Waals surface area contributed by atoms with E-state index >= 15 is 0 Å². The predicted octanol–water partition coefficient (Wildman–Crippen LogP) is 2.06. The van der Waals surface area contributed by atoms with Gasteiger partial charge >= 0.3 is 0 Å². The number of nitrogens with two attached hydrogens (primary N) is 1. The molecular formula is C16H20ClN5O3. The standard InChI is InChI=1S/C16H19N5O3.ClH/c1-16(10-17,11-5-6-11)18-15(22)14-7-8-20(19-14)12-3-2-4-13(9-12)21(23)24;/h2-4,7-9,11H,5-6,10,17H2,1H3,(H,18,22);1H. The molecule has 1 aromatic heterocycles. The van der Waals surface area contributed by atoms with Crippen LogP contribution in [0.1, 0.15) is 30.3 Å². The normalized spacial score (nSPS) is 15.8. The van der Waals surface area contributed by atoms with Crippen LogP contribution in [0.15, 0.2) is 36.5 Å². The molecule has 2 aromatic rings. The van der Waals surface area contributed by atoms with E-state index < -0.39 is 10.5 Å². The second-order valence-corrected chi connectivity index (χ2v) is 6.27. The van der Waals surface area contributed by atoms with Crippen LogP contribution in [0.3, 0.4) is 0 Å². The van der Waals surface area contributed by atoms with Crippen molar-refractivity contribution >= 4 is 24.0 Å². The van der Waals surface area contributed by atoms with Crippen LogP contribution >= 0.6 is 12.4 Å².